The molecule has 12 rings (SSSR count). The molecule has 0 aromatic heterocycles. The molecule has 8 saturated carbocycles. The lowest BCUT2D eigenvalue weighted by atomic mass is 9.48. The van der Waals surface area contributed by atoms with Crippen molar-refractivity contribution in [3.05, 3.63) is 59.7 Å². The fourth-order valence-electron chi connectivity index (χ4n) is 12.7. The van der Waals surface area contributed by atoms with Crippen LogP contribution >= 0.6 is 0 Å². The molecule has 8 bridgehead atoms. The summed E-state index contributed by atoms with van der Waals surface area (Å²) in [7, 11) is 0.864. The van der Waals surface area contributed by atoms with Crippen LogP contribution in [0.4, 0.5) is 17.6 Å². The Labute approximate surface area is 414 Å². The molecule has 8 nitrogen and oxygen atoms in total. The highest BCUT2D eigenvalue weighted by molar-refractivity contribution is 7.97. The van der Waals surface area contributed by atoms with Crippen LogP contribution in [0.2, 0.25) is 0 Å². The molecule has 384 valence electrons. The smallest absolute Gasteiger partial charge is 0.376 e. The van der Waals surface area contributed by atoms with E-state index in [1.54, 1.807) is 0 Å². The van der Waals surface area contributed by atoms with Crippen LogP contribution in [-0.4, -0.2) is 102 Å². The second kappa shape index (κ2) is 21.4. The van der Waals surface area contributed by atoms with Crippen LogP contribution in [0.25, 0.3) is 0 Å². The molecule has 0 radical (unpaired) electrons. The first kappa shape index (κ1) is 54.1. The molecule has 2 aromatic rings. The third kappa shape index (κ3) is 13.9. The Balaban J connectivity index is 0.000000136. The van der Waals surface area contributed by atoms with E-state index in [1.807, 2.05) is 0 Å². The highest BCUT2D eigenvalue weighted by Gasteiger charge is 2.58. The van der Waals surface area contributed by atoms with Gasteiger partial charge < -0.3 is 24.1 Å². The Hall–Kier alpha value is -2.65. The van der Waals surface area contributed by atoms with Crippen molar-refractivity contribution < 1.29 is 56.0 Å². The zero-order chi connectivity index (χ0) is 50.2. The van der Waals surface area contributed by atoms with Gasteiger partial charge in [-0.3, -0.25) is 4.79 Å². The molecule has 0 amide bonds. The highest BCUT2D eigenvalue weighted by Crippen LogP contribution is 2.61. The highest BCUT2D eigenvalue weighted by atomic mass is 32.2. The number of benzene rings is 2. The summed E-state index contributed by atoms with van der Waals surface area (Å²) in [4.78, 5) is 37.5. The molecule has 10 fully saturated rings. The summed E-state index contributed by atoms with van der Waals surface area (Å²) >= 11 is 0. The molecule has 14 heteroatoms. The molecule has 2 heterocycles. The van der Waals surface area contributed by atoms with Gasteiger partial charge in [0.1, 0.15) is 34.9 Å². The lowest BCUT2D eigenvalue weighted by Crippen LogP contribution is -2.57. The lowest BCUT2D eigenvalue weighted by Gasteiger charge is -2.59. The number of ketones is 1. The number of hydrogen-bond donors (Lipinski definition) is 1. The maximum absolute atomic E-state index is 12.9. The Morgan fingerprint density at radius 2 is 1.10 bits per heavy atom. The molecule has 2 aromatic carbocycles. The van der Waals surface area contributed by atoms with E-state index < -0.39 is 35.5 Å². The third-order valence-electron chi connectivity index (χ3n) is 15.7. The van der Waals surface area contributed by atoms with Gasteiger partial charge in [-0.2, -0.15) is 17.6 Å². The van der Waals surface area contributed by atoms with Crippen molar-refractivity contribution in [1.29, 1.82) is 0 Å². The molecule has 1 N–H and O–H groups in total. The van der Waals surface area contributed by atoms with Crippen LogP contribution in [0, 0.1) is 40.9 Å². The molecule has 7 unspecified atom stereocenters. The normalized spacial score (nSPS) is 31.9. The quantitative estimate of drug-likeness (QED) is 0.166. The van der Waals surface area contributed by atoms with Crippen molar-refractivity contribution in [2.75, 3.05) is 56.0 Å². The number of halogens is 4. The monoisotopic (exact) mass is 1010 g/mol. The number of esters is 2. The fourth-order valence-corrected chi connectivity index (χ4v) is 16.4. The average molecular weight is 1010 g/mol. The first-order valence-electron chi connectivity index (χ1n) is 25.3. The number of hydrogen-bond acceptors (Lipinski definition) is 8. The number of alkyl halides is 4. The van der Waals surface area contributed by atoms with Crippen LogP contribution in [0.3, 0.4) is 0 Å². The summed E-state index contributed by atoms with van der Waals surface area (Å²) < 4.78 is 72.0. The molecule has 8 aliphatic carbocycles. The summed E-state index contributed by atoms with van der Waals surface area (Å²) in [5.74, 6) is -3.59. The zero-order valence-corrected chi connectivity index (χ0v) is 43.9. The second-order valence-corrected chi connectivity index (χ2v) is 28.3. The van der Waals surface area contributed by atoms with Crippen molar-refractivity contribution in [1.82, 2.24) is 0 Å². The number of aliphatic hydroxyl groups is 1. The van der Waals surface area contributed by atoms with E-state index in [9.17, 15) is 37.1 Å². The Morgan fingerprint density at radius 1 is 0.638 bits per heavy atom. The number of ether oxygens (including phenoxy) is 4. The first-order valence-corrected chi connectivity index (χ1v) is 28.4. The molecule has 0 spiro atoms. The van der Waals surface area contributed by atoms with Crippen LogP contribution in [0.1, 0.15) is 131 Å². The van der Waals surface area contributed by atoms with Crippen LogP contribution in [0.15, 0.2) is 58.3 Å². The van der Waals surface area contributed by atoms with Crippen molar-refractivity contribution in [3.8, 4) is 0 Å². The van der Waals surface area contributed by atoms with Gasteiger partial charge in [-0.05, 0) is 134 Å². The van der Waals surface area contributed by atoms with Crippen molar-refractivity contribution in [2.45, 2.75) is 164 Å². The predicted octanol–water partition coefficient (Wildman–Crippen LogP) is 10.7. The van der Waals surface area contributed by atoms with Crippen LogP contribution in [0.5, 0.6) is 0 Å². The number of Topliss-reactive ketones (excluding diaryl/α,β-unsaturated/α-hetero) is 1. The minimum absolute atomic E-state index is 0.0323. The molecule has 2 aliphatic heterocycles. The largest absolute Gasteiger partial charge is 0.461 e. The Morgan fingerprint density at radius 3 is 1.52 bits per heavy atom. The summed E-state index contributed by atoms with van der Waals surface area (Å²) in [6, 6.07) is 18.4. The van der Waals surface area contributed by atoms with Crippen molar-refractivity contribution in [3.63, 3.8) is 0 Å². The van der Waals surface area contributed by atoms with Crippen molar-refractivity contribution >= 4 is 39.5 Å². The summed E-state index contributed by atoms with van der Waals surface area (Å²) in [5, 5.41) is 10.5. The third-order valence-corrected chi connectivity index (χ3v) is 20.2. The molecule has 2 saturated heterocycles. The minimum atomic E-state index is -3.47. The molecule has 10 aliphatic rings. The number of carbonyl (C=O) groups excluding carboxylic acids is 3. The van der Waals surface area contributed by atoms with Gasteiger partial charge in [0, 0.05) is 47.0 Å². The fraction of sp³-hybridized carbons (Fsp3) is 0.727. The maximum atomic E-state index is 12.9. The zero-order valence-electron chi connectivity index (χ0n) is 42.2. The van der Waals surface area contributed by atoms with Gasteiger partial charge in [0.15, 0.2) is 9.79 Å². The van der Waals surface area contributed by atoms with E-state index in [1.165, 1.54) is 43.9 Å². The summed E-state index contributed by atoms with van der Waals surface area (Å²) in [6.45, 7) is 18.4. The van der Waals surface area contributed by atoms with Gasteiger partial charge in [-0.15, -0.1) is 0 Å². The van der Waals surface area contributed by atoms with E-state index in [4.69, 9.17) is 18.9 Å². The molecule has 69 heavy (non-hydrogen) atoms. The van der Waals surface area contributed by atoms with Crippen molar-refractivity contribution in [2.24, 2.45) is 40.9 Å². The summed E-state index contributed by atoms with van der Waals surface area (Å²) in [6.07, 6.45) is 7.82. The van der Waals surface area contributed by atoms with Gasteiger partial charge in [-0.25, -0.2) is 9.59 Å². The van der Waals surface area contributed by atoms with Gasteiger partial charge in [0.2, 0.25) is 0 Å². The van der Waals surface area contributed by atoms with E-state index in [-0.39, 0.29) is 46.4 Å². The molecular formula is C55H78F4O8S2+2. The van der Waals surface area contributed by atoms with Gasteiger partial charge in [-0.1, -0.05) is 65.8 Å². The maximum Gasteiger partial charge on any atom is 0.376 e. The van der Waals surface area contributed by atoms with E-state index in [2.05, 4.69) is 90.1 Å². The van der Waals surface area contributed by atoms with Gasteiger partial charge >= 0.3 is 23.8 Å². The van der Waals surface area contributed by atoms with E-state index in [0.717, 1.165) is 71.4 Å². The average Bonchev–Trinajstić information content (AvgIpc) is 3.27. The molecule has 7 atom stereocenters. The van der Waals surface area contributed by atoms with Crippen LogP contribution in [-0.2, 0) is 66.0 Å². The van der Waals surface area contributed by atoms with E-state index >= 15 is 0 Å². The van der Waals surface area contributed by atoms with Crippen LogP contribution < -0.4 is 0 Å². The molecular weight excluding hydrogens is 929 g/mol. The minimum Gasteiger partial charge on any atom is -0.461 e. The Kier molecular flexibility index (Phi) is 16.8. The SMILES string of the molecule is CC(C)(C)c1ccc([S+]2CCOCC2)cc1.CC(C)(C)c1ccc([S+]2CCOCC2)cc1.CC(F)(F)C(=O)OC1C2CC3CC(C2)C(=O)C1C3.CC(F)(F)C(=O)OCC12CC3CC(CC(O)(C3)C1)C2. The Bertz CT molecular complexity index is 1980. The standard InChI is InChI=1S/C14H20F2O3.2C14H21OS.C13H16F2O3/c1-12(15,16)11(17)19-8-13-3-9-2-10(4-13)6-14(18,5-9)7-13;2*1-14(2,3)12-4-6-13(7-5-12)16-10-8-15-9-11-16;1-13(14,15)12(17)18-11-8-3-6-2-7(5-8)10(16)9(11)4-6/h9-10,18H,2-8H2,1H3;2*4-7H,8-11H2,1-3H3;6-9,11H,2-5H2,1H3/q;2*+1;. The second-order valence-electron chi connectivity index (χ2n) is 23.8. The van der Waals surface area contributed by atoms with Gasteiger partial charge in [0.25, 0.3) is 0 Å². The van der Waals surface area contributed by atoms with E-state index in [0.29, 0.717) is 72.7 Å². The topological polar surface area (TPSA) is 108 Å². The first-order chi connectivity index (χ1) is 32.2. The number of carbonyl (C=O) groups is 3. The number of rotatable bonds is 7. The predicted molar refractivity (Wildman–Crippen MR) is 264 cm³/mol. The summed E-state index contributed by atoms with van der Waals surface area (Å²) in [5.41, 5.74) is 2.46. The lowest BCUT2D eigenvalue weighted by molar-refractivity contribution is -0.197. The van der Waals surface area contributed by atoms with Gasteiger partial charge in [0.05, 0.1) is 44.6 Å².